The number of hydrogen-bond acceptors (Lipinski definition) is 3. The maximum absolute atomic E-state index is 9.37. The Morgan fingerprint density at radius 3 is 2.93 bits per heavy atom. The van der Waals surface area contributed by atoms with E-state index >= 15 is 0 Å². The second kappa shape index (κ2) is 6.64. The molecule has 0 aliphatic rings. The monoisotopic (exact) mass is 211 g/mol. The van der Waals surface area contributed by atoms with Gasteiger partial charge in [-0.25, -0.2) is 0 Å². The van der Waals surface area contributed by atoms with Crippen LogP contribution in [0.5, 0.6) is 0 Å². The average molecular weight is 211 g/mol. The molecule has 0 saturated heterocycles. The molecule has 2 N–H and O–H groups in total. The van der Waals surface area contributed by atoms with Crippen LogP contribution < -0.4 is 5.32 Å². The third-order valence-electron chi connectivity index (χ3n) is 2.53. The van der Waals surface area contributed by atoms with Crippen LogP contribution in [-0.4, -0.2) is 23.8 Å². The smallest absolute Gasteiger partial charge is 0.105 e. The molecule has 0 aromatic carbocycles. The Balaban J connectivity index is 2.11. The summed E-state index contributed by atoms with van der Waals surface area (Å²) in [6, 6.07) is 4.28. The van der Waals surface area contributed by atoms with Crippen LogP contribution in [0.1, 0.15) is 32.4 Å². The number of furan rings is 1. The molecule has 2 atom stereocenters. The minimum atomic E-state index is -0.173. The summed E-state index contributed by atoms with van der Waals surface area (Å²) in [5.74, 6) is 1.01. The highest BCUT2D eigenvalue weighted by Gasteiger charge is 2.06. The van der Waals surface area contributed by atoms with E-state index in [4.69, 9.17) is 4.42 Å². The van der Waals surface area contributed by atoms with Crippen molar-refractivity contribution in [3.8, 4) is 0 Å². The molecule has 2 unspecified atom stereocenters. The van der Waals surface area contributed by atoms with E-state index in [1.165, 1.54) is 0 Å². The van der Waals surface area contributed by atoms with Crippen molar-refractivity contribution in [1.29, 1.82) is 0 Å². The van der Waals surface area contributed by atoms with Crippen LogP contribution in [-0.2, 0) is 6.42 Å². The van der Waals surface area contributed by atoms with Gasteiger partial charge in [0, 0.05) is 12.5 Å². The molecule has 1 aromatic rings. The Labute approximate surface area is 91.5 Å². The molecule has 0 aliphatic heterocycles. The first-order chi connectivity index (χ1) is 7.22. The number of aliphatic hydroxyl groups excluding tert-OH is 1. The maximum atomic E-state index is 9.37. The Bertz CT molecular complexity index is 246. The van der Waals surface area contributed by atoms with Crippen molar-refractivity contribution in [2.75, 3.05) is 6.54 Å². The number of hydrogen-bond donors (Lipinski definition) is 2. The van der Waals surface area contributed by atoms with Gasteiger partial charge in [-0.05, 0) is 38.4 Å². The summed E-state index contributed by atoms with van der Waals surface area (Å²) in [6.45, 7) is 4.98. The summed E-state index contributed by atoms with van der Waals surface area (Å²) < 4.78 is 5.26. The molecule has 0 saturated carbocycles. The van der Waals surface area contributed by atoms with E-state index < -0.39 is 0 Å². The van der Waals surface area contributed by atoms with Crippen LogP contribution in [0.3, 0.4) is 0 Å². The number of rotatable bonds is 7. The lowest BCUT2D eigenvalue weighted by Gasteiger charge is -2.14. The summed E-state index contributed by atoms with van der Waals surface area (Å²) in [5, 5.41) is 12.7. The Morgan fingerprint density at radius 1 is 1.53 bits per heavy atom. The minimum absolute atomic E-state index is 0.173. The van der Waals surface area contributed by atoms with Crippen molar-refractivity contribution in [2.45, 2.75) is 45.3 Å². The molecule has 1 rings (SSSR count). The zero-order chi connectivity index (χ0) is 11.1. The second-order valence-corrected chi connectivity index (χ2v) is 3.99. The van der Waals surface area contributed by atoms with Gasteiger partial charge in [0.1, 0.15) is 5.76 Å². The molecule has 0 aliphatic carbocycles. The standard InChI is InChI=1S/C12H21NO2/c1-3-11(14)6-7-13-10(2)9-12-5-4-8-15-12/h4-5,8,10-11,13-14H,3,6-7,9H2,1-2H3. The largest absolute Gasteiger partial charge is 0.469 e. The summed E-state index contributed by atoms with van der Waals surface area (Å²) in [5.41, 5.74) is 0. The lowest BCUT2D eigenvalue weighted by atomic mass is 10.1. The van der Waals surface area contributed by atoms with Gasteiger partial charge < -0.3 is 14.8 Å². The Kier molecular flexibility index (Phi) is 5.43. The van der Waals surface area contributed by atoms with E-state index in [2.05, 4.69) is 12.2 Å². The number of aliphatic hydroxyl groups is 1. The second-order valence-electron chi connectivity index (χ2n) is 3.99. The molecular weight excluding hydrogens is 190 g/mol. The first-order valence-corrected chi connectivity index (χ1v) is 5.66. The van der Waals surface area contributed by atoms with E-state index in [9.17, 15) is 5.11 Å². The zero-order valence-electron chi connectivity index (χ0n) is 9.57. The molecular formula is C12H21NO2. The Hall–Kier alpha value is -0.800. The fourth-order valence-corrected chi connectivity index (χ4v) is 1.50. The van der Waals surface area contributed by atoms with E-state index in [0.29, 0.717) is 6.04 Å². The molecule has 1 heterocycles. The third kappa shape index (κ3) is 5.00. The summed E-state index contributed by atoms with van der Waals surface area (Å²) in [6.07, 6.45) is 4.07. The quantitative estimate of drug-likeness (QED) is 0.724. The maximum Gasteiger partial charge on any atom is 0.105 e. The molecule has 15 heavy (non-hydrogen) atoms. The van der Waals surface area contributed by atoms with Gasteiger partial charge in [-0.1, -0.05) is 6.92 Å². The highest BCUT2D eigenvalue weighted by atomic mass is 16.3. The first-order valence-electron chi connectivity index (χ1n) is 5.66. The van der Waals surface area contributed by atoms with Crippen molar-refractivity contribution in [2.24, 2.45) is 0 Å². The normalized spacial score (nSPS) is 15.1. The molecule has 1 aromatic heterocycles. The molecule has 86 valence electrons. The van der Waals surface area contributed by atoms with Gasteiger partial charge in [-0.3, -0.25) is 0 Å². The first kappa shape index (κ1) is 12.3. The summed E-state index contributed by atoms with van der Waals surface area (Å²) in [7, 11) is 0. The van der Waals surface area contributed by atoms with Crippen molar-refractivity contribution < 1.29 is 9.52 Å². The van der Waals surface area contributed by atoms with Gasteiger partial charge in [0.05, 0.1) is 12.4 Å². The topological polar surface area (TPSA) is 45.4 Å². The average Bonchev–Trinajstić information content (AvgIpc) is 2.70. The lowest BCUT2D eigenvalue weighted by Crippen LogP contribution is -2.30. The molecule has 0 radical (unpaired) electrons. The molecule has 3 heteroatoms. The van der Waals surface area contributed by atoms with Gasteiger partial charge in [-0.15, -0.1) is 0 Å². The molecule has 0 spiro atoms. The molecule has 0 bridgehead atoms. The van der Waals surface area contributed by atoms with Crippen molar-refractivity contribution in [3.05, 3.63) is 24.2 Å². The van der Waals surface area contributed by atoms with Crippen LogP contribution in [0.25, 0.3) is 0 Å². The van der Waals surface area contributed by atoms with Crippen LogP contribution in [0.15, 0.2) is 22.8 Å². The predicted octanol–water partition coefficient (Wildman–Crippen LogP) is 1.96. The molecule has 0 amide bonds. The summed E-state index contributed by atoms with van der Waals surface area (Å²) in [4.78, 5) is 0. The highest BCUT2D eigenvalue weighted by molar-refractivity contribution is 4.99. The van der Waals surface area contributed by atoms with Crippen molar-refractivity contribution in [1.82, 2.24) is 5.32 Å². The van der Waals surface area contributed by atoms with Gasteiger partial charge >= 0.3 is 0 Å². The molecule has 0 fully saturated rings. The van der Waals surface area contributed by atoms with Crippen molar-refractivity contribution >= 4 is 0 Å². The van der Waals surface area contributed by atoms with Gasteiger partial charge in [0.15, 0.2) is 0 Å². The van der Waals surface area contributed by atoms with E-state index in [-0.39, 0.29) is 6.10 Å². The third-order valence-corrected chi connectivity index (χ3v) is 2.53. The number of nitrogens with one attached hydrogen (secondary N) is 1. The summed E-state index contributed by atoms with van der Waals surface area (Å²) >= 11 is 0. The zero-order valence-corrected chi connectivity index (χ0v) is 9.57. The minimum Gasteiger partial charge on any atom is -0.469 e. The lowest BCUT2D eigenvalue weighted by molar-refractivity contribution is 0.158. The van der Waals surface area contributed by atoms with Crippen LogP contribution >= 0.6 is 0 Å². The van der Waals surface area contributed by atoms with Gasteiger partial charge in [0.2, 0.25) is 0 Å². The van der Waals surface area contributed by atoms with E-state index in [1.54, 1.807) is 6.26 Å². The fourth-order valence-electron chi connectivity index (χ4n) is 1.50. The fraction of sp³-hybridized carbons (Fsp3) is 0.667. The SMILES string of the molecule is CCC(O)CCNC(C)Cc1ccco1. The highest BCUT2D eigenvalue weighted by Crippen LogP contribution is 2.04. The van der Waals surface area contributed by atoms with Crippen molar-refractivity contribution in [3.63, 3.8) is 0 Å². The Morgan fingerprint density at radius 2 is 2.33 bits per heavy atom. The van der Waals surface area contributed by atoms with Crippen LogP contribution in [0.2, 0.25) is 0 Å². The van der Waals surface area contributed by atoms with Gasteiger partial charge in [-0.2, -0.15) is 0 Å². The van der Waals surface area contributed by atoms with E-state index in [1.807, 2.05) is 19.1 Å². The van der Waals surface area contributed by atoms with Crippen LogP contribution in [0, 0.1) is 0 Å². The van der Waals surface area contributed by atoms with E-state index in [0.717, 1.165) is 31.6 Å². The van der Waals surface area contributed by atoms with Gasteiger partial charge in [0.25, 0.3) is 0 Å². The predicted molar refractivity (Wildman–Crippen MR) is 60.8 cm³/mol. The molecule has 3 nitrogen and oxygen atoms in total. The van der Waals surface area contributed by atoms with Crippen LogP contribution in [0.4, 0.5) is 0 Å².